The van der Waals surface area contributed by atoms with Crippen LogP contribution in [-0.4, -0.2) is 47.6 Å². The molecule has 2 heterocycles. The van der Waals surface area contributed by atoms with E-state index in [4.69, 9.17) is 5.73 Å². The Bertz CT molecular complexity index is 1070. The molecule has 0 unspecified atom stereocenters. The predicted octanol–water partition coefficient (Wildman–Crippen LogP) is 1.31. The fourth-order valence-corrected chi connectivity index (χ4v) is 3.90. The smallest absolute Gasteiger partial charge is 0.333 e. The topological polar surface area (TPSA) is 144 Å². The maximum atomic E-state index is 14.0. The molecule has 0 saturated heterocycles. The van der Waals surface area contributed by atoms with Crippen molar-refractivity contribution >= 4 is 13.7 Å². The largest absolute Gasteiger partial charge is 0.471 e. The quantitative estimate of drug-likeness (QED) is 0.316. The molecule has 0 spiro atoms. The fourth-order valence-electron chi connectivity index (χ4n) is 3.30. The number of amides is 1. The molecule has 4 N–H and O–H groups in total. The highest BCUT2D eigenvalue weighted by Crippen LogP contribution is 2.42. The van der Waals surface area contributed by atoms with E-state index in [-0.39, 0.29) is 31.0 Å². The summed E-state index contributed by atoms with van der Waals surface area (Å²) < 4.78 is 82.7. The maximum Gasteiger partial charge on any atom is 0.471 e. The first-order valence-corrected chi connectivity index (χ1v) is 10.5. The molecule has 0 aliphatic carbocycles. The van der Waals surface area contributed by atoms with Crippen LogP contribution in [0.3, 0.4) is 0 Å². The third-order valence-corrected chi connectivity index (χ3v) is 5.22. The molecule has 0 saturated carbocycles. The Labute approximate surface area is 177 Å². The van der Waals surface area contributed by atoms with Crippen LogP contribution in [0, 0.1) is 11.6 Å². The molecule has 1 aliphatic rings. The molecule has 1 amide bonds. The van der Waals surface area contributed by atoms with E-state index in [1.54, 1.807) is 0 Å². The molecular formula is C16H17F5N5O5P. The molecule has 0 bridgehead atoms. The normalized spacial score (nSPS) is 16.6. The van der Waals surface area contributed by atoms with Gasteiger partial charge in [-0.3, -0.25) is 9.32 Å². The van der Waals surface area contributed by atoms with E-state index >= 15 is 0 Å². The highest BCUT2D eigenvalue weighted by molar-refractivity contribution is 7.46. The van der Waals surface area contributed by atoms with Crippen molar-refractivity contribution in [1.29, 1.82) is 0 Å². The zero-order valence-corrected chi connectivity index (χ0v) is 17.0. The number of benzene rings is 1. The van der Waals surface area contributed by atoms with E-state index in [0.29, 0.717) is 6.07 Å². The number of rotatable bonds is 6. The van der Waals surface area contributed by atoms with E-state index in [0.717, 1.165) is 21.6 Å². The van der Waals surface area contributed by atoms with Gasteiger partial charge in [-0.05, 0) is 11.6 Å². The van der Waals surface area contributed by atoms with Crippen molar-refractivity contribution in [2.45, 2.75) is 37.8 Å². The van der Waals surface area contributed by atoms with Gasteiger partial charge < -0.3 is 25.0 Å². The number of fused-ring (bicyclic) bond motifs is 1. The second-order valence-electron chi connectivity index (χ2n) is 7.14. The van der Waals surface area contributed by atoms with Gasteiger partial charge in [0.1, 0.15) is 17.4 Å². The molecule has 2 aromatic rings. The van der Waals surface area contributed by atoms with Gasteiger partial charge in [-0.2, -0.15) is 13.2 Å². The maximum absolute atomic E-state index is 14.0. The lowest BCUT2D eigenvalue weighted by molar-refractivity contribution is -0.148. The Morgan fingerprint density at radius 1 is 1.22 bits per heavy atom. The summed E-state index contributed by atoms with van der Waals surface area (Å²) in [4.78, 5) is 32.1. The number of phosphoric acid groups is 1. The summed E-state index contributed by atoms with van der Waals surface area (Å²) >= 11 is 0. The van der Waals surface area contributed by atoms with Crippen LogP contribution in [0.4, 0.5) is 22.0 Å². The van der Waals surface area contributed by atoms with Crippen molar-refractivity contribution in [1.82, 2.24) is 19.7 Å². The molecule has 10 nitrogen and oxygen atoms in total. The van der Waals surface area contributed by atoms with E-state index < -0.39 is 55.9 Å². The molecule has 1 atom stereocenters. The van der Waals surface area contributed by atoms with E-state index in [1.165, 1.54) is 0 Å². The predicted molar refractivity (Wildman–Crippen MR) is 95.2 cm³/mol. The highest BCUT2D eigenvalue weighted by atomic mass is 31.2. The van der Waals surface area contributed by atoms with Crippen molar-refractivity contribution in [2.75, 3.05) is 6.54 Å². The summed E-state index contributed by atoms with van der Waals surface area (Å²) in [6.45, 7) is -0.866. The Kier molecular flexibility index (Phi) is 6.41. The molecular weight excluding hydrogens is 468 g/mol. The average molecular weight is 485 g/mol. The first kappa shape index (κ1) is 24.2. The minimum absolute atomic E-state index is 0.153. The van der Waals surface area contributed by atoms with Crippen molar-refractivity contribution < 1.29 is 45.6 Å². The number of aromatic nitrogens is 3. The molecule has 16 heteroatoms. The van der Waals surface area contributed by atoms with Gasteiger partial charge in [-0.15, -0.1) is 10.2 Å². The average Bonchev–Trinajstić information content (AvgIpc) is 3.06. The van der Waals surface area contributed by atoms with Crippen molar-refractivity contribution in [2.24, 2.45) is 5.73 Å². The molecule has 176 valence electrons. The van der Waals surface area contributed by atoms with Gasteiger partial charge in [0.2, 0.25) is 11.7 Å². The van der Waals surface area contributed by atoms with Crippen molar-refractivity contribution in [3.8, 4) is 0 Å². The van der Waals surface area contributed by atoms with Gasteiger partial charge in [0.15, 0.2) is 5.82 Å². The third-order valence-electron chi connectivity index (χ3n) is 4.62. The van der Waals surface area contributed by atoms with Crippen molar-refractivity contribution in [3.05, 3.63) is 47.0 Å². The summed E-state index contributed by atoms with van der Waals surface area (Å²) in [5.74, 6) is -4.19. The standard InChI is InChI=1S/C16H17F5N5O5P/c17-10-2-1-9(11(18)5-10)6-15(22,31-32(28,29)30)7-13(27)25-3-4-26-12(8-25)23-24-14(26)16(19,20)21/h1-2,5H,3-4,6-8,22H2,(H2,28,29,30)/t15-/m0/s1. The number of carbonyl (C=O) groups excluding carboxylic acids is 1. The Morgan fingerprint density at radius 2 is 1.91 bits per heavy atom. The van der Waals surface area contributed by atoms with E-state index in [2.05, 4.69) is 14.7 Å². The fraction of sp³-hybridized carbons (Fsp3) is 0.438. The van der Waals surface area contributed by atoms with Gasteiger partial charge in [0.05, 0.1) is 13.0 Å². The first-order chi connectivity index (χ1) is 14.7. The number of halogens is 5. The Hall–Kier alpha value is -2.45. The molecule has 1 aromatic heterocycles. The van der Waals surface area contributed by atoms with Crippen LogP contribution in [0.2, 0.25) is 0 Å². The lowest BCUT2D eigenvalue weighted by atomic mass is 9.99. The SMILES string of the molecule is N[C@@](CC(=O)N1CCn2c(nnc2C(F)(F)F)C1)(Cc1ccc(F)cc1F)OP(=O)(O)O. The number of alkyl halides is 3. The first-order valence-electron chi connectivity index (χ1n) is 8.93. The monoisotopic (exact) mass is 485 g/mol. The number of nitrogens with zero attached hydrogens (tertiary/aromatic N) is 4. The lowest BCUT2D eigenvalue weighted by Crippen LogP contribution is -2.50. The van der Waals surface area contributed by atoms with Gasteiger partial charge in [0, 0.05) is 25.6 Å². The number of phosphoric ester groups is 1. The molecule has 32 heavy (non-hydrogen) atoms. The summed E-state index contributed by atoms with van der Waals surface area (Å²) in [5.41, 5.74) is 3.20. The number of hydrogen-bond acceptors (Lipinski definition) is 6. The zero-order chi connectivity index (χ0) is 23.9. The summed E-state index contributed by atoms with van der Waals surface area (Å²) in [5, 5.41) is 6.51. The summed E-state index contributed by atoms with van der Waals surface area (Å²) in [6, 6.07) is 2.38. The highest BCUT2D eigenvalue weighted by Gasteiger charge is 2.42. The molecule has 1 aliphatic heterocycles. The summed E-state index contributed by atoms with van der Waals surface area (Å²) in [6.07, 6.45) is -6.31. The Balaban J connectivity index is 1.79. The molecule has 0 radical (unpaired) electrons. The van der Waals surface area contributed by atoms with Crippen LogP contribution < -0.4 is 5.73 Å². The number of carbonyl (C=O) groups is 1. The third kappa shape index (κ3) is 5.66. The lowest BCUT2D eigenvalue weighted by Gasteiger charge is -2.33. The minimum Gasteiger partial charge on any atom is -0.333 e. The van der Waals surface area contributed by atoms with E-state index in [9.17, 15) is 41.1 Å². The number of nitrogens with two attached hydrogens (primary N) is 1. The molecule has 3 rings (SSSR count). The second kappa shape index (κ2) is 8.48. The second-order valence-corrected chi connectivity index (χ2v) is 8.30. The van der Waals surface area contributed by atoms with Gasteiger partial charge >= 0.3 is 14.0 Å². The Morgan fingerprint density at radius 3 is 2.50 bits per heavy atom. The number of hydrogen-bond donors (Lipinski definition) is 3. The zero-order valence-electron chi connectivity index (χ0n) is 16.1. The minimum atomic E-state index is -5.26. The van der Waals surface area contributed by atoms with Gasteiger partial charge in [-0.25, -0.2) is 13.3 Å². The van der Waals surface area contributed by atoms with Crippen LogP contribution >= 0.6 is 7.82 Å². The van der Waals surface area contributed by atoms with Crippen molar-refractivity contribution in [3.63, 3.8) is 0 Å². The van der Waals surface area contributed by atoms with Crippen LogP contribution in [0.25, 0.3) is 0 Å². The van der Waals surface area contributed by atoms with Gasteiger partial charge in [0.25, 0.3) is 0 Å². The molecule has 1 aromatic carbocycles. The van der Waals surface area contributed by atoms with Crippen LogP contribution in [0.15, 0.2) is 18.2 Å². The molecule has 0 fully saturated rings. The van der Waals surface area contributed by atoms with E-state index in [1.807, 2.05) is 0 Å². The van der Waals surface area contributed by atoms with Crippen LogP contribution in [0.1, 0.15) is 23.6 Å². The van der Waals surface area contributed by atoms with Gasteiger partial charge in [-0.1, -0.05) is 6.07 Å². The van der Waals surface area contributed by atoms with Crippen LogP contribution in [0.5, 0.6) is 0 Å². The summed E-state index contributed by atoms with van der Waals surface area (Å²) in [7, 11) is -5.26. The van der Waals surface area contributed by atoms with Crippen LogP contribution in [-0.2, 0) is 39.6 Å².